The molecule has 5 heteroatoms. The Morgan fingerprint density at radius 3 is 2.45 bits per heavy atom. The zero-order chi connectivity index (χ0) is 8.91. The van der Waals surface area contributed by atoms with Crippen molar-refractivity contribution in [2.75, 3.05) is 12.9 Å². The van der Waals surface area contributed by atoms with Crippen molar-refractivity contribution in [1.82, 2.24) is 4.72 Å². The van der Waals surface area contributed by atoms with Gasteiger partial charge in [-0.15, -0.1) is 0 Å². The predicted molar refractivity (Wildman–Crippen MR) is 43.8 cm³/mol. The van der Waals surface area contributed by atoms with Crippen LogP contribution in [0.3, 0.4) is 0 Å². The molecule has 11 heavy (non-hydrogen) atoms. The summed E-state index contributed by atoms with van der Waals surface area (Å²) in [5.74, 6) is 0. The van der Waals surface area contributed by atoms with Crippen molar-refractivity contribution >= 4 is 10.0 Å². The number of rotatable bonds is 5. The maximum atomic E-state index is 10.6. The number of hydrogen-bond acceptors (Lipinski definition) is 3. The van der Waals surface area contributed by atoms with E-state index in [1.165, 1.54) is 0 Å². The van der Waals surface area contributed by atoms with E-state index in [1.54, 1.807) is 6.92 Å². The van der Waals surface area contributed by atoms with Gasteiger partial charge in [0, 0.05) is 12.6 Å². The van der Waals surface area contributed by atoms with Crippen LogP contribution >= 0.6 is 0 Å². The average molecular weight is 181 g/mol. The second-order valence-electron chi connectivity index (χ2n) is 2.66. The van der Waals surface area contributed by atoms with Gasteiger partial charge in [0.05, 0.1) is 6.26 Å². The molecule has 4 nitrogen and oxygen atoms in total. The van der Waals surface area contributed by atoms with E-state index in [9.17, 15) is 8.42 Å². The first-order valence-corrected chi connectivity index (χ1v) is 5.43. The first-order chi connectivity index (χ1) is 4.95. The quantitative estimate of drug-likeness (QED) is 0.612. The molecule has 0 heterocycles. The Bertz CT molecular complexity index is 188. The molecule has 0 aliphatic rings. The van der Waals surface area contributed by atoms with Crippen LogP contribution in [0.4, 0.5) is 0 Å². The molecule has 0 aliphatic carbocycles. The van der Waals surface area contributed by atoms with Gasteiger partial charge in [-0.2, -0.15) is 0 Å². The highest BCUT2D eigenvalue weighted by Crippen LogP contribution is 1.95. The molecule has 0 spiro atoms. The van der Waals surface area contributed by atoms with Crippen LogP contribution in [0.2, 0.25) is 0 Å². The Morgan fingerprint density at radius 2 is 2.09 bits per heavy atom. The Labute approximate surface area is 67.7 Å². The van der Waals surface area contributed by atoms with Gasteiger partial charge in [-0.3, -0.25) is 0 Å². The molecule has 0 saturated carbocycles. The number of aliphatic hydroxyl groups excluding tert-OH is 1. The lowest BCUT2D eigenvalue weighted by Gasteiger charge is -2.10. The lowest BCUT2D eigenvalue weighted by molar-refractivity contribution is 0.279. The Kier molecular flexibility index (Phi) is 4.63. The molecular weight excluding hydrogens is 166 g/mol. The molecule has 0 rings (SSSR count). The minimum atomic E-state index is -3.09. The molecule has 0 aromatic carbocycles. The summed E-state index contributed by atoms with van der Waals surface area (Å²) in [7, 11) is -3.09. The van der Waals surface area contributed by atoms with Crippen molar-refractivity contribution < 1.29 is 13.5 Å². The van der Waals surface area contributed by atoms with Crippen molar-refractivity contribution in [3.63, 3.8) is 0 Å². The summed E-state index contributed by atoms with van der Waals surface area (Å²) in [5, 5.41) is 8.44. The van der Waals surface area contributed by atoms with E-state index in [2.05, 4.69) is 4.72 Å². The van der Waals surface area contributed by atoms with Crippen molar-refractivity contribution in [1.29, 1.82) is 0 Å². The minimum absolute atomic E-state index is 0.0860. The van der Waals surface area contributed by atoms with Gasteiger partial charge in [0.2, 0.25) is 10.0 Å². The SMILES string of the molecule is CC(CCCO)NS(C)(=O)=O. The molecule has 0 aromatic rings. The first-order valence-electron chi connectivity index (χ1n) is 3.54. The molecule has 0 bridgehead atoms. The van der Waals surface area contributed by atoms with E-state index in [0.29, 0.717) is 12.8 Å². The van der Waals surface area contributed by atoms with E-state index < -0.39 is 10.0 Å². The van der Waals surface area contributed by atoms with E-state index in [0.717, 1.165) is 6.26 Å². The number of aliphatic hydroxyl groups is 1. The van der Waals surface area contributed by atoms with Gasteiger partial charge in [0.25, 0.3) is 0 Å². The second-order valence-corrected chi connectivity index (χ2v) is 4.44. The third-order valence-corrected chi connectivity index (χ3v) is 2.04. The van der Waals surface area contributed by atoms with Crippen LogP contribution in [-0.4, -0.2) is 32.4 Å². The number of hydrogen-bond donors (Lipinski definition) is 2. The summed E-state index contributed by atoms with van der Waals surface area (Å²) in [4.78, 5) is 0. The molecular formula is C6H15NO3S. The molecule has 68 valence electrons. The number of sulfonamides is 1. The van der Waals surface area contributed by atoms with Crippen LogP contribution in [0.15, 0.2) is 0 Å². The van der Waals surface area contributed by atoms with Crippen LogP contribution in [0.25, 0.3) is 0 Å². The average Bonchev–Trinajstić information content (AvgIpc) is 1.79. The monoisotopic (exact) mass is 181 g/mol. The standard InChI is InChI=1S/C6H15NO3S/c1-6(4-3-5-8)7-11(2,9)10/h6-8H,3-5H2,1-2H3. The Balaban J connectivity index is 3.61. The summed E-state index contributed by atoms with van der Waals surface area (Å²) >= 11 is 0. The van der Waals surface area contributed by atoms with Crippen molar-refractivity contribution in [2.24, 2.45) is 0 Å². The van der Waals surface area contributed by atoms with E-state index in [4.69, 9.17) is 5.11 Å². The smallest absolute Gasteiger partial charge is 0.208 e. The summed E-state index contributed by atoms with van der Waals surface area (Å²) in [6, 6.07) is -0.0860. The van der Waals surface area contributed by atoms with E-state index in [-0.39, 0.29) is 12.6 Å². The normalized spacial score (nSPS) is 14.8. The second kappa shape index (κ2) is 4.69. The molecule has 0 fully saturated rings. The molecule has 1 unspecified atom stereocenters. The molecule has 1 atom stereocenters. The fraction of sp³-hybridized carbons (Fsp3) is 1.00. The third-order valence-electron chi connectivity index (χ3n) is 1.21. The van der Waals surface area contributed by atoms with Crippen molar-refractivity contribution in [3.8, 4) is 0 Å². The van der Waals surface area contributed by atoms with Gasteiger partial charge >= 0.3 is 0 Å². The topological polar surface area (TPSA) is 66.4 Å². The highest BCUT2D eigenvalue weighted by atomic mass is 32.2. The lowest BCUT2D eigenvalue weighted by atomic mass is 10.2. The lowest BCUT2D eigenvalue weighted by Crippen LogP contribution is -2.31. The van der Waals surface area contributed by atoms with Gasteiger partial charge in [-0.1, -0.05) is 0 Å². The van der Waals surface area contributed by atoms with Crippen LogP contribution in [0, 0.1) is 0 Å². The van der Waals surface area contributed by atoms with E-state index in [1.807, 2.05) is 0 Å². The van der Waals surface area contributed by atoms with Crippen LogP contribution in [-0.2, 0) is 10.0 Å². The predicted octanol–water partition coefficient (Wildman–Crippen LogP) is -0.303. The molecule has 0 aromatic heterocycles. The van der Waals surface area contributed by atoms with Gasteiger partial charge in [-0.05, 0) is 19.8 Å². The van der Waals surface area contributed by atoms with Crippen molar-refractivity contribution in [3.05, 3.63) is 0 Å². The van der Waals surface area contributed by atoms with Gasteiger partial charge in [-0.25, -0.2) is 13.1 Å². The maximum Gasteiger partial charge on any atom is 0.208 e. The molecule has 0 amide bonds. The summed E-state index contributed by atoms with van der Waals surface area (Å²) in [6.45, 7) is 1.88. The Hall–Kier alpha value is -0.130. The minimum Gasteiger partial charge on any atom is -0.396 e. The molecule has 2 N–H and O–H groups in total. The van der Waals surface area contributed by atoms with E-state index >= 15 is 0 Å². The summed E-state index contributed by atoms with van der Waals surface area (Å²) in [6.07, 6.45) is 2.43. The first kappa shape index (κ1) is 10.9. The van der Waals surface area contributed by atoms with Crippen LogP contribution < -0.4 is 4.72 Å². The maximum absolute atomic E-state index is 10.6. The van der Waals surface area contributed by atoms with Crippen LogP contribution in [0.5, 0.6) is 0 Å². The summed E-state index contributed by atoms with van der Waals surface area (Å²) in [5.41, 5.74) is 0. The zero-order valence-corrected chi connectivity index (χ0v) is 7.69. The van der Waals surface area contributed by atoms with Gasteiger partial charge < -0.3 is 5.11 Å². The summed E-state index contributed by atoms with van der Waals surface area (Å²) < 4.78 is 23.7. The van der Waals surface area contributed by atoms with Crippen molar-refractivity contribution in [2.45, 2.75) is 25.8 Å². The highest BCUT2D eigenvalue weighted by molar-refractivity contribution is 7.88. The fourth-order valence-electron chi connectivity index (χ4n) is 0.822. The number of nitrogens with one attached hydrogen (secondary N) is 1. The van der Waals surface area contributed by atoms with Crippen LogP contribution in [0.1, 0.15) is 19.8 Å². The van der Waals surface area contributed by atoms with Gasteiger partial charge in [0.15, 0.2) is 0 Å². The third kappa shape index (κ3) is 7.77. The molecule has 0 radical (unpaired) electrons. The Morgan fingerprint density at radius 1 is 1.55 bits per heavy atom. The zero-order valence-electron chi connectivity index (χ0n) is 6.87. The fourth-order valence-corrected chi connectivity index (χ4v) is 1.67. The highest BCUT2D eigenvalue weighted by Gasteiger charge is 2.06. The molecule has 0 saturated heterocycles. The van der Waals surface area contributed by atoms with Gasteiger partial charge in [0.1, 0.15) is 0 Å². The molecule has 0 aliphatic heterocycles. The largest absolute Gasteiger partial charge is 0.396 e.